The Balaban J connectivity index is 1.59. The molecule has 2 fully saturated rings. The van der Waals surface area contributed by atoms with Gasteiger partial charge >= 0.3 is 0 Å². The van der Waals surface area contributed by atoms with Gasteiger partial charge in [0, 0.05) is 17.8 Å². The Kier molecular flexibility index (Phi) is 3.86. The van der Waals surface area contributed by atoms with Crippen molar-refractivity contribution < 1.29 is 9.13 Å². The molecule has 2 aliphatic carbocycles. The minimum absolute atomic E-state index is 0.299. The molecule has 0 bridgehead atoms. The molecule has 0 atom stereocenters. The van der Waals surface area contributed by atoms with Crippen LogP contribution in [0.3, 0.4) is 0 Å². The van der Waals surface area contributed by atoms with E-state index in [-0.39, 0.29) is 5.82 Å². The third-order valence-corrected chi connectivity index (χ3v) is 5.23. The van der Waals surface area contributed by atoms with E-state index in [2.05, 4.69) is 5.32 Å². The molecule has 1 aromatic carbocycles. The van der Waals surface area contributed by atoms with Gasteiger partial charge in [0.25, 0.3) is 0 Å². The molecule has 1 aromatic rings. The standard InChI is InChI=1S/C17H24FNO/c1-20-16-12-14(4-5-15(16)18)19-13-6-10-17(11-7-13)8-2-3-9-17/h4-5,12-13,19H,2-3,6-11H2,1H3. The second kappa shape index (κ2) is 5.63. The van der Waals surface area contributed by atoms with E-state index in [0.717, 1.165) is 5.69 Å². The predicted molar refractivity (Wildman–Crippen MR) is 79.7 cm³/mol. The van der Waals surface area contributed by atoms with Crippen LogP contribution >= 0.6 is 0 Å². The van der Waals surface area contributed by atoms with Crippen molar-refractivity contribution in [3.05, 3.63) is 24.0 Å². The van der Waals surface area contributed by atoms with Gasteiger partial charge in [-0.05, 0) is 56.1 Å². The Bertz CT molecular complexity index is 458. The van der Waals surface area contributed by atoms with Gasteiger partial charge in [-0.25, -0.2) is 4.39 Å². The summed E-state index contributed by atoms with van der Waals surface area (Å²) in [6.07, 6.45) is 10.9. The molecule has 1 spiro atoms. The molecule has 110 valence electrons. The Hall–Kier alpha value is -1.25. The van der Waals surface area contributed by atoms with E-state index in [1.165, 1.54) is 64.5 Å². The van der Waals surface area contributed by atoms with Crippen molar-refractivity contribution in [1.82, 2.24) is 0 Å². The normalized spacial score (nSPS) is 22.1. The maximum Gasteiger partial charge on any atom is 0.165 e. The van der Waals surface area contributed by atoms with E-state index in [1.54, 1.807) is 12.1 Å². The lowest BCUT2D eigenvalue weighted by atomic mass is 9.71. The summed E-state index contributed by atoms with van der Waals surface area (Å²) >= 11 is 0. The van der Waals surface area contributed by atoms with E-state index in [9.17, 15) is 4.39 Å². The molecule has 0 amide bonds. The SMILES string of the molecule is COc1cc(NC2CCC3(CCCC3)CC2)ccc1F. The number of hydrogen-bond acceptors (Lipinski definition) is 2. The highest BCUT2D eigenvalue weighted by Crippen LogP contribution is 2.49. The van der Waals surface area contributed by atoms with Gasteiger partial charge in [0.2, 0.25) is 0 Å². The van der Waals surface area contributed by atoms with E-state index in [1.807, 2.05) is 0 Å². The van der Waals surface area contributed by atoms with E-state index >= 15 is 0 Å². The van der Waals surface area contributed by atoms with Gasteiger partial charge in [0.15, 0.2) is 11.6 Å². The van der Waals surface area contributed by atoms with Gasteiger partial charge in [-0.3, -0.25) is 0 Å². The molecule has 0 aliphatic heterocycles. The molecule has 0 heterocycles. The number of ether oxygens (including phenoxy) is 1. The molecule has 1 N–H and O–H groups in total. The number of hydrogen-bond donors (Lipinski definition) is 1. The molecule has 20 heavy (non-hydrogen) atoms. The third kappa shape index (κ3) is 2.77. The minimum Gasteiger partial charge on any atom is -0.494 e. The summed E-state index contributed by atoms with van der Waals surface area (Å²) in [5.74, 6) is 0.0182. The first-order valence-electron chi connectivity index (χ1n) is 7.81. The number of halogens is 1. The fourth-order valence-corrected chi connectivity index (χ4v) is 3.98. The van der Waals surface area contributed by atoms with Crippen LogP contribution in [0, 0.1) is 11.2 Å². The van der Waals surface area contributed by atoms with Crippen molar-refractivity contribution in [2.45, 2.75) is 57.4 Å². The molecular weight excluding hydrogens is 253 g/mol. The van der Waals surface area contributed by atoms with E-state index < -0.39 is 0 Å². The van der Waals surface area contributed by atoms with Crippen molar-refractivity contribution in [3.8, 4) is 5.75 Å². The number of rotatable bonds is 3. The zero-order valence-corrected chi connectivity index (χ0v) is 12.3. The van der Waals surface area contributed by atoms with Gasteiger partial charge in [-0.15, -0.1) is 0 Å². The van der Waals surface area contributed by atoms with Gasteiger partial charge in [0.05, 0.1) is 7.11 Å². The molecule has 0 radical (unpaired) electrons. The van der Waals surface area contributed by atoms with Gasteiger partial charge in [-0.1, -0.05) is 12.8 Å². The van der Waals surface area contributed by atoms with Crippen LogP contribution in [0.4, 0.5) is 10.1 Å². The van der Waals surface area contributed by atoms with Crippen molar-refractivity contribution in [3.63, 3.8) is 0 Å². The lowest BCUT2D eigenvalue weighted by molar-refractivity contribution is 0.188. The van der Waals surface area contributed by atoms with Crippen LogP contribution in [0.5, 0.6) is 5.75 Å². The highest BCUT2D eigenvalue weighted by atomic mass is 19.1. The summed E-state index contributed by atoms with van der Waals surface area (Å²) in [6.45, 7) is 0. The van der Waals surface area contributed by atoms with Crippen molar-refractivity contribution in [2.24, 2.45) is 5.41 Å². The first-order valence-corrected chi connectivity index (χ1v) is 7.81. The van der Waals surface area contributed by atoms with E-state index in [0.29, 0.717) is 17.2 Å². The average Bonchev–Trinajstić information content (AvgIpc) is 2.92. The zero-order chi connectivity index (χ0) is 14.0. The first-order chi connectivity index (χ1) is 9.71. The lowest BCUT2D eigenvalue weighted by Crippen LogP contribution is -2.31. The molecule has 2 aliphatic rings. The Morgan fingerprint density at radius 1 is 1.15 bits per heavy atom. The minimum atomic E-state index is -0.299. The third-order valence-electron chi connectivity index (χ3n) is 5.23. The average molecular weight is 277 g/mol. The number of nitrogens with one attached hydrogen (secondary N) is 1. The molecule has 2 saturated carbocycles. The van der Waals surface area contributed by atoms with Crippen LogP contribution in [-0.4, -0.2) is 13.2 Å². The van der Waals surface area contributed by atoms with Gasteiger partial charge in [-0.2, -0.15) is 0 Å². The summed E-state index contributed by atoms with van der Waals surface area (Å²) < 4.78 is 18.4. The van der Waals surface area contributed by atoms with Crippen molar-refractivity contribution >= 4 is 5.69 Å². The number of anilines is 1. The topological polar surface area (TPSA) is 21.3 Å². The zero-order valence-electron chi connectivity index (χ0n) is 12.3. The molecule has 2 nitrogen and oxygen atoms in total. The summed E-state index contributed by atoms with van der Waals surface area (Å²) in [5.41, 5.74) is 1.63. The second-order valence-corrected chi connectivity index (χ2v) is 6.48. The molecule has 0 unspecified atom stereocenters. The Labute approximate surface area is 120 Å². The predicted octanol–water partition coefficient (Wildman–Crippen LogP) is 4.75. The summed E-state index contributed by atoms with van der Waals surface area (Å²) in [6, 6.07) is 5.56. The van der Waals surface area contributed by atoms with Crippen molar-refractivity contribution in [2.75, 3.05) is 12.4 Å². The fraction of sp³-hybridized carbons (Fsp3) is 0.647. The van der Waals surface area contributed by atoms with Crippen LogP contribution < -0.4 is 10.1 Å². The van der Waals surface area contributed by atoms with E-state index in [4.69, 9.17) is 4.74 Å². The quantitative estimate of drug-likeness (QED) is 0.861. The number of methoxy groups -OCH3 is 1. The van der Waals surface area contributed by atoms with Crippen LogP contribution in [0.15, 0.2) is 18.2 Å². The molecule has 3 rings (SSSR count). The van der Waals surface area contributed by atoms with Crippen LogP contribution in [0.2, 0.25) is 0 Å². The second-order valence-electron chi connectivity index (χ2n) is 6.48. The largest absolute Gasteiger partial charge is 0.494 e. The Morgan fingerprint density at radius 3 is 2.50 bits per heavy atom. The summed E-state index contributed by atoms with van der Waals surface area (Å²) in [5, 5.41) is 3.54. The first kappa shape index (κ1) is 13.7. The highest BCUT2D eigenvalue weighted by Gasteiger charge is 2.37. The molecular formula is C17H24FNO. The summed E-state index contributed by atoms with van der Waals surface area (Å²) in [4.78, 5) is 0. The summed E-state index contributed by atoms with van der Waals surface area (Å²) in [7, 11) is 1.51. The molecule has 0 aromatic heterocycles. The maximum absolute atomic E-state index is 13.4. The van der Waals surface area contributed by atoms with Crippen LogP contribution in [0.25, 0.3) is 0 Å². The maximum atomic E-state index is 13.4. The van der Waals surface area contributed by atoms with Gasteiger partial charge < -0.3 is 10.1 Å². The van der Waals surface area contributed by atoms with Crippen molar-refractivity contribution in [1.29, 1.82) is 0 Å². The number of benzene rings is 1. The lowest BCUT2D eigenvalue weighted by Gasteiger charge is -2.37. The Morgan fingerprint density at radius 2 is 1.85 bits per heavy atom. The molecule has 0 saturated heterocycles. The fourth-order valence-electron chi connectivity index (χ4n) is 3.98. The van der Waals surface area contributed by atoms with Gasteiger partial charge in [0.1, 0.15) is 0 Å². The smallest absolute Gasteiger partial charge is 0.165 e. The van der Waals surface area contributed by atoms with Crippen LogP contribution in [-0.2, 0) is 0 Å². The monoisotopic (exact) mass is 277 g/mol. The highest BCUT2D eigenvalue weighted by molar-refractivity contribution is 5.49. The molecule has 3 heteroatoms. The van der Waals surface area contributed by atoms with Crippen LogP contribution in [0.1, 0.15) is 51.4 Å².